The molecule has 0 aliphatic heterocycles. The van der Waals surface area contributed by atoms with Crippen molar-refractivity contribution < 1.29 is 0 Å². The third-order valence-corrected chi connectivity index (χ3v) is 3.61. The van der Waals surface area contributed by atoms with E-state index < -0.39 is 0 Å². The van der Waals surface area contributed by atoms with Gasteiger partial charge in [-0.15, -0.1) is 0 Å². The SMILES string of the molecule is CCc1c(C)nn(-c2ncccc2CBr)c1C. The van der Waals surface area contributed by atoms with Crippen molar-refractivity contribution in [1.82, 2.24) is 14.8 Å². The Hall–Kier alpha value is -1.16. The maximum Gasteiger partial charge on any atom is 0.157 e. The van der Waals surface area contributed by atoms with E-state index in [1.807, 2.05) is 16.9 Å². The highest BCUT2D eigenvalue weighted by Crippen LogP contribution is 2.20. The minimum absolute atomic E-state index is 0.788. The van der Waals surface area contributed by atoms with Gasteiger partial charge in [0.05, 0.1) is 5.69 Å². The Bertz CT molecular complexity index is 531. The van der Waals surface area contributed by atoms with Gasteiger partial charge in [-0.2, -0.15) is 5.10 Å². The van der Waals surface area contributed by atoms with Gasteiger partial charge in [-0.1, -0.05) is 28.9 Å². The van der Waals surface area contributed by atoms with Crippen molar-refractivity contribution in [2.45, 2.75) is 32.5 Å². The van der Waals surface area contributed by atoms with Crippen LogP contribution in [0, 0.1) is 13.8 Å². The smallest absolute Gasteiger partial charge is 0.157 e. The first-order valence-corrected chi connectivity index (χ1v) is 6.86. The molecule has 4 heteroatoms. The standard InChI is InChI=1S/C13H16BrN3/c1-4-12-9(2)16-17(10(12)3)13-11(8-14)6-5-7-15-13/h5-7H,4,8H2,1-3H3. The zero-order valence-corrected chi connectivity index (χ0v) is 12.0. The van der Waals surface area contributed by atoms with E-state index in [0.717, 1.165) is 28.8 Å². The first kappa shape index (κ1) is 12.3. The van der Waals surface area contributed by atoms with Crippen LogP contribution in [0.4, 0.5) is 0 Å². The van der Waals surface area contributed by atoms with Crippen molar-refractivity contribution in [1.29, 1.82) is 0 Å². The molecule has 0 aliphatic carbocycles. The molecular weight excluding hydrogens is 278 g/mol. The van der Waals surface area contributed by atoms with Crippen molar-refractivity contribution in [3.8, 4) is 5.82 Å². The molecule has 2 heterocycles. The summed E-state index contributed by atoms with van der Waals surface area (Å²) in [5.41, 5.74) is 4.75. The molecule has 0 saturated carbocycles. The molecule has 0 radical (unpaired) electrons. The lowest BCUT2D eigenvalue weighted by molar-refractivity contribution is 0.797. The van der Waals surface area contributed by atoms with Crippen molar-refractivity contribution in [3.05, 3.63) is 40.8 Å². The minimum Gasteiger partial charge on any atom is -0.237 e. The van der Waals surface area contributed by atoms with E-state index in [1.165, 1.54) is 11.3 Å². The second-order valence-electron chi connectivity index (χ2n) is 4.03. The van der Waals surface area contributed by atoms with Crippen molar-refractivity contribution >= 4 is 15.9 Å². The van der Waals surface area contributed by atoms with Gasteiger partial charge >= 0.3 is 0 Å². The fraction of sp³-hybridized carbons (Fsp3) is 0.385. The van der Waals surface area contributed by atoms with E-state index in [0.29, 0.717) is 0 Å². The van der Waals surface area contributed by atoms with E-state index in [1.54, 1.807) is 0 Å². The molecule has 0 aromatic carbocycles. The first-order valence-electron chi connectivity index (χ1n) is 5.74. The minimum atomic E-state index is 0.788. The van der Waals surface area contributed by atoms with Gasteiger partial charge in [0.15, 0.2) is 5.82 Å². The highest BCUT2D eigenvalue weighted by atomic mass is 79.9. The highest BCUT2D eigenvalue weighted by molar-refractivity contribution is 9.08. The Labute approximate surface area is 110 Å². The van der Waals surface area contributed by atoms with Crippen LogP contribution in [0.3, 0.4) is 0 Å². The summed E-state index contributed by atoms with van der Waals surface area (Å²) in [5, 5.41) is 5.38. The summed E-state index contributed by atoms with van der Waals surface area (Å²) in [4.78, 5) is 4.44. The average molecular weight is 294 g/mol. The second kappa shape index (κ2) is 5.00. The molecule has 17 heavy (non-hydrogen) atoms. The van der Waals surface area contributed by atoms with Gasteiger partial charge in [-0.3, -0.25) is 0 Å². The molecule has 0 amide bonds. The third-order valence-electron chi connectivity index (χ3n) is 3.01. The van der Waals surface area contributed by atoms with Crippen molar-refractivity contribution in [2.75, 3.05) is 0 Å². The Kier molecular flexibility index (Phi) is 3.62. The van der Waals surface area contributed by atoms with E-state index in [2.05, 4.69) is 52.9 Å². The van der Waals surface area contributed by atoms with Crippen LogP contribution in [0.5, 0.6) is 0 Å². The molecule has 0 spiro atoms. The normalized spacial score (nSPS) is 10.8. The molecule has 2 aromatic heterocycles. The molecule has 0 unspecified atom stereocenters. The van der Waals surface area contributed by atoms with Gasteiger partial charge < -0.3 is 0 Å². The van der Waals surface area contributed by atoms with Gasteiger partial charge in [-0.25, -0.2) is 9.67 Å². The van der Waals surface area contributed by atoms with Crippen molar-refractivity contribution in [3.63, 3.8) is 0 Å². The monoisotopic (exact) mass is 293 g/mol. The molecule has 0 aliphatic rings. The van der Waals surface area contributed by atoms with Crippen LogP contribution in [0.25, 0.3) is 5.82 Å². The number of rotatable bonds is 3. The molecule has 0 fully saturated rings. The quantitative estimate of drug-likeness (QED) is 0.813. The van der Waals surface area contributed by atoms with Gasteiger partial charge in [0, 0.05) is 22.8 Å². The predicted molar refractivity (Wildman–Crippen MR) is 72.8 cm³/mol. The molecule has 0 atom stereocenters. The Balaban J connectivity index is 2.61. The number of halogens is 1. The van der Waals surface area contributed by atoms with Gasteiger partial charge in [0.25, 0.3) is 0 Å². The van der Waals surface area contributed by atoms with Crippen LogP contribution in [0.15, 0.2) is 18.3 Å². The zero-order chi connectivity index (χ0) is 12.4. The number of nitrogens with zero attached hydrogens (tertiary/aromatic N) is 3. The highest BCUT2D eigenvalue weighted by Gasteiger charge is 2.13. The summed E-state index contributed by atoms with van der Waals surface area (Å²) in [6, 6.07) is 4.02. The van der Waals surface area contributed by atoms with Gasteiger partial charge in [0.1, 0.15) is 0 Å². The van der Waals surface area contributed by atoms with Crippen LogP contribution in [0.1, 0.15) is 29.4 Å². The van der Waals surface area contributed by atoms with Crippen LogP contribution in [-0.2, 0) is 11.8 Å². The molecule has 0 saturated heterocycles. The number of hydrogen-bond donors (Lipinski definition) is 0. The number of aryl methyl sites for hydroxylation is 1. The largest absolute Gasteiger partial charge is 0.237 e. The molecule has 2 aromatic rings. The lowest BCUT2D eigenvalue weighted by Gasteiger charge is -2.07. The summed E-state index contributed by atoms with van der Waals surface area (Å²) in [6.45, 7) is 6.32. The molecule has 0 bridgehead atoms. The van der Waals surface area contributed by atoms with E-state index in [9.17, 15) is 0 Å². The maximum atomic E-state index is 4.59. The fourth-order valence-corrected chi connectivity index (χ4v) is 2.56. The second-order valence-corrected chi connectivity index (χ2v) is 4.60. The van der Waals surface area contributed by atoms with E-state index >= 15 is 0 Å². The van der Waals surface area contributed by atoms with Crippen molar-refractivity contribution in [2.24, 2.45) is 0 Å². The average Bonchev–Trinajstić information content (AvgIpc) is 2.64. The Morgan fingerprint density at radius 3 is 2.71 bits per heavy atom. The van der Waals surface area contributed by atoms with Crippen LogP contribution < -0.4 is 0 Å². The van der Waals surface area contributed by atoms with Crippen LogP contribution in [-0.4, -0.2) is 14.8 Å². The fourth-order valence-electron chi connectivity index (χ4n) is 2.12. The summed E-state index contributed by atoms with van der Waals surface area (Å²) in [6.07, 6.45) is 2.82. The zero-order valence-electron chi connectivity index (χ0n) is 10.4. The maximum absolute atomic E-state index is 4.59. The van der Waals surface area contributed by atoms with Crippen LogP contribution in [0.2, 0.25) is 0 Å². The Morgan fingerprint density at radius 2 is 2.12 bits per heavy atom. The van der Waals surface area contributed by atoms with Gasteiger partial charge in [-0.05, 0) is 31.9 Å². The summed E-state index contributed by atoms with van der Waals surface area (Å²) >= 11 is 3.49. The molecule has 90 valence electrons. The summed E-state index contributed by atoms with van der Waals surface area (Å²) in [5.74, 6) is 0.921. The van der Waals surface area contributed by atoms with E-state index in [-0.39, 0.29) is 0 Å². The number of pyridine rings is 1. The van der Waals surface area contributed by atoms with Crippen LogP contribution >= 0.6 is 15.9 Å². The topological polar surface area (TPSA) is 30.7 Å². The molecule has 0 N–H and O–H groups in total. The van der Waals surface area contributed by atoms with Gasteiger partial charge in [0.2, 0.25) is 0 Å². The Morgan fingerprint density at radius 1 is 1.35 bits per heavy atom. The summed E-state index contributed by atoms with van der Waals surface area (Å²) in [7, 11) is 0. The molecule has 2 rings (SSSR count). The number of alkyl halides is 1. The van der Waals surface area contributed by atoms with E-state index in [4.69, 9.17) is 0 Å². The lowest BCUT2D eigenvalue weighted by atomic mass is 10.1. The first-order chi connectivity index (χ1) is 8.19. The summed E-state index contributed by atoms with van der Waals surface area (Å²) < 4.78 is 1.95. The number of hydrogen-bond acceptors (Lipinski definition) is 2. The molecular formula is C13H16BrN3. The number of aromatic nitrogens is 3. The molecule has 3 nitrogen and oxygen atoms in total. The third kappa shape index (κ3) is 2.14. The predicted octanol–water partition coefficient (Wildman–Crippen LogP) is 3.34. The lowest BCUT2D eigenvalue weighted by Crippen LogP contribution is -2.05.